The minimum absolute atomic E-state index is 0.0561. The summed E-state index contributed by atoms with van der Waals surface area (Å²) in [5.41, 5.74) is -0.401. The van der Waals surface area contributed by atoms with E-state index in [-0.39, 0.29) is 6.61 Å². The van der Waals surface area contributed by atoms with Gasteiger partial charge in [0, 0.05) is 0 Å². The molecule has 0 radical (unpaired) electrons. The fourth-order valence-electron chi connectivity index (χ4n) is 2.08. The molecule has 1 unspecified atom stereocenters. The minimum atomic E-state index is -0.401. The third-order valence-corrected chi connectivity index (χ3v) is 3.43. The van der Waals surface area contributed by atoms with E-state index in [0.29, 0.717) is 6.61 Å². The second kappa shape index (κ2) is 6.73. The first-order chi connectivity index (χ1) is 9.67. The number of aliphatic hydroxyl groups is 1. The first kappa shape index (κ1) is 14.8. The zero-order valence-electron chi connectivity index (χ0n) is 12.2. The number of hydrogen-bond donors (Lipinski definition) is 2. The molecule has 0 saturated carbocycles. The fourth-order valence-corrected chi connectivity index (χ4v) is 2.08. The third-order valence-electron chi connectivity index (χ3n) is 3.43. The van der Waals surface area contributed by atoms with Crippen molar-refractivity contribution >= 4 is 10.8 Å². The first-order valence-electron chi connectivity index (χ1n) is 7.14. The molecule has 0 fully saturated rings. The van der Waals surface area contributed by atoms with Gasteiger partial charge in [0.05, 0.1) is 12.1 Å². The van der Waals surface area contributed by atoms with Gasteiger partial charge in [-0.05, 0) is 42.8 Å². The summed E-state index contributed by atoms with van der Waals surface area (Å²) in [6.45, 7) is 5.46. The van der Waals surface area contributed by atoms with E-state index in [9.17, 15) is 5.11 Å². The SMILES string of the molecule is CCCNC(C)(CO)COc1ccc2ccccc2c1. The molecule has 0 aromatic heterocycles. The van der Waals surface area contributed by atoms with Crippen molar-refractivity contribution in [1.29, 1.82) is 0 Å². The van der Waals surface area contributed by atoms with Crippen molar-refractivity contribution in [3.63, 3.8) is 0 Å². The van der Waals surface area contributed by atoms with E-state index in [0.717, 1.165) is 24.1 Å². The van der Waals surface area contributed by atoms with Crippen LogP contribution in [-0.4, -0.2) is 30.4 Å². The Hall–Kier alpha value is -1.58. The maximum atomic E-state index is 9.52. The lowest BCUT2D eigenvalue weighted by Gasteiger charge is -2.28. The maximum Gasteiger partial charge on any atom is 0.120 e. The lowest BCUT2D eigenvalue weighted by molar-refractivity contribution is 0.116. The summed E-state index contributed by atoms with van der Waals surface area (Å²) in [4.78, 5) is 0. The maximum absolute atomic E-state index is 9.52. The molecule has 0 saturated heterocycles. The average Bonchev–Trinajstić information content (AvgIpc) is 2.51. The van der Waals surface area contributed by atoms with E-state index >= 15 is 0 Å². The summed E-state index contributed by atoms with van der Waals surface area (Å²) in [6.07, 6.45) is 1.03. The van der Waals surface area contributed by atoms with Crippen LogP contribution in [0.2, 0.25) is 0 Å². The van der Waals surface area contributed by atoms with Crippen molar-refractivity contribution in [3.8, 4) is 5.75 Å². The number of nitrogens with one attached hydrogen (secondary N) is 1. The molecule has 0 amide bonds. The Bertz CT molecular complexity index is 555. The summed E-state index contributed by atoms with van der Waals surface area (Å²) >= 11 is 0. The fraction of sp³-hybridized carbons (Fsp3) is 0.412. The lowest BCUT2D eigenvalue weighted by Crippen LogP contribution is -2.50. The molecule has 2 rings (SSSR count). The monoisotopic (exact) mass is 273 g/mol. The van der Waals surface area contributed by atoms with Crippen LogP contribution in [0.3, 0.4) is 0 Å². The van der Waals surface area contributed by atoms with E-state index in [4.69, 9.17) is 4.74 Å². The predicted octanol–water partition coefficient (Wildman–Crippen LogP) is 2.97. The smallest absolute Gasteiger partial charge is 0.120 e. The molecule has 3 heteroatoms. The second-order valence-electron chi connectivity index (χ2n) is 5.44. The normalized spacial score (nSPS) is 14.2. The number of hydrogen-bond acceptors (Lipinski definition) is 3. The Morgan fingerprint density at radius 2 is 1.90 bits per heavy atom. The highest BCUT2D eigenvalue weighted by Gasteiger charge is 2.23. The topological polar surface area (TPSA) is 41.5 Å². The highest BCUT2D eigenvalue weighted by molar-refractivity contribution is 5.83. The van der Waals surface area contributed by atoms with Gasteiger partial charge >= 0.3 is 0 Å². The largest absolute Gasteiger partial charge is 0.492 e. The molecule has 2 aromatic carbocycles. The lowest BCUT2D eigenvalue weighted by atomic mass is 10.1. The average molecular weight is 273 g/mol. The molecule has 108 valence electrons. The Morgan fingerprint density at radius 3 is 2.60 bits per heavy atom. The highest BCUT2D eigenvalue weighted by atomic mass is 16.5. The van der Waals surface area contributed by atoms with Crippen molar-refractivity contribution in [2.24, 2.45) is 0 Å². The molecule has 2 aromatic rings. The third kappa shape index (κ3) is 3.71. The summed E-state index contributed by atoms with van der Waals surface area (Å²) in [7, 11) is 0. The van der Waals surface area contributed by atoms with Gasteiger partial charge < -0.3 is 15.2 Å². The van der Waals surface area contributed by atoms with Crippen LogP contribution in [0.5, 0.6) is 5.75 Å². The summed E-state index contributed by atoms with van der Waals surface area (Å²) in [6, 6.07) is 14.3. The zero-order chi connectivity index (χ0) is 14.4. The van der Waals surface area contributed by atoms with E-state index < -0.39 is 5.54 Å². The minimum Gasteiger partial charge on any atom is -0.492 e. The van der Waals surface area contributed by atoms with Crippen LogP contribution in [0.4, 0.5) is 0 Å². The molecule has 0 aliphatic heterocycles. The van der Waals surface area contributed by atoms with E-state index in [1.807, 2.05) is 31.2 Å². The first-order valence-corrected chi connectivity index (χ1v) is 7.14. The van der Waals surface area contributed by atoms with Gasteiger partial charge in [-0.1, -0.05) is 37.3 Å². The standard InChI is InChI=1S/C17H23NO2/c1-3-10-18-17(2,12-19)13-20-16-9-8-14-6-4-5-7-15(14)11-16/h4-9,11,18-19H,3,10,12-13H2,1-2H3. The van der Waals surface area contributed by atoms with Crippen LogP contribution in [0, 0.1) is 0 Å². The molecule has 0 aliphatic rings. The van der Waals surface area contributed by atoms with Crippen LogP contribution in [0.1, 0.15) is 20.3 Å². The van der Waals surface area contributed by atoms with Crippen LogP contribution in [0.25, 0.3) is 10.8 Å². The number of aliphatic hydroxyl groups excluding tert-OH is 1. The quantitative estimate of drug-likeness (QED) is 0.815. The van der Waals surface area contributed by atoms with Crippen LogP contribution in [0.15, 0.2) is 42.5 Å². The van der Waals surface area contributed by atoms with E-state index in [1.165, 1.54) is 5.39 Å². The van der Waals surface area contributed by atoms with Gasteiger partial charge in [0.1, 0.15) is 12.4 Å². The predicted molar refractivity (Wildman–Crippen MR) is 83.2 cm³/mol. The van der Waals surface area contributed by atoms with Crippen molar-refractivity contribution < 1.29 is 9.84 Å². The zero-order valence-corrected chi connectivity index (χ0v) is 12.2. The molecule has 0 heterocycles. The number of benzene rings is 2. The number of fused-ring (bicyclic) bond motifs is 1. The summed E-state index contributed by atoms with van der Waals surface area (Å²) < 4.78 is 5.84. The van der Waals surface area contributed by atoms with Gasteiger partial charge in [-0.25, -0.2) is 0 Å². The molecular formula is C17H23NO2. The van der Waals surface area contributed by atoms with Gasteiger partial charge in [0.2, 0.25) is 0 Å². The van der Waals surface area contributed by atoms with Crippen molar-refractivity contribution in [2.45, 2.75) is 25.8 Å². The molecule has 0 bridgehead atoms. The van der Waals surface area contributed by atoms with Gasteiger partial charge in [0.15, 0.2) is 0 Å². The van der Waals surface area contributed by atoms with Crippen LogP contribution in [-0.2, 0) is 0 Å². The number of rotatable bonds is 7. The Morgan fingerprint density at radius 1 is 1.15 bits per heavy atom. The van der Waals surface area contributed by atoms with Crippen molar-refractivity contribution in [3.05, 3.63) is 42.5 Å². The van der Waals surface area contributed by atoms with Gasteiger partial charge in [-0.2, -0.15) is 0 Å². The number of ether oxygens (including phenoxy) is 1. The van der Waals surface area contributed by atoms with Crippen molar-refractivity contribution in [1.82, 2.24) is 5.32 Å². The molecule has 2 N–H and O–H groups in total. The Kier molecular flexibility index (Phi) is 4.99. The molecule has 1 atom stereocenters. The molecular weight excluding hydrogens is 250 g/mol. The second-order valence-corrected chi connectivity index (χ2v) is 5.44. The van der Waals surface area contributed by atoms with E-state index in [2.05, 4.69) is 30.4 Å². The van der Waals surface area contributed by atoms with Gasteiger partial charge in [-0.15, -0.1) is 0 Å². The molecule has 0 spiro atoms. The van der Waals surface area contributed by atoms with Crippen LogP contribution >= 0.6 is 0 Å². The van der Waals surface area contributed by atoms with Crippen LogP contribution < -0.4 is 10.1 Å². The molecule has 0 aliphatic carbocycles. The molecule has 3 nitrogen and oxygen atoms in total. The van der Waals surface area contributed by atoms with Gasteiger partial charge in [-0.3, -0.25) is 0 Å². The summed E-state index contributed by atoms with van der Waals surface area (Å²) in [5.74, 6) is 0.835. The van der Waals surface area contributed by atoms with Gasteiger partial charge in [0.25, 0.3) is 0 Å². The Balaban J connectivity index is 2.04. The van der Waals surface area contributed by atoms with Crippen molar-refractivity contribution in [2.75, 3.05) is 19.8 Å². The summed E-state index contributed by atoms with van der Waals surface area (Å²) in [5, 5.41) is 15.2. The Labute approximate surface area is 120 Å². The molecule has 20 heavy (non-hydrogen) atoms. The highest BCUT2D eigenvalue weighted by Crippen LogP contribution is 2.21. The van der Waals surface area contributed by atoms with E-state index in [1.54, 1.807) is 0 Å².